The van der Waals surface area contributed by atoms with Gasteiger partial charge in [-0.3, -0.25) is 0 Å². The fourth-order valence-electron chi connectivity index (χ4n) is 4.44. The maximum atomic E-state index is 6.90. The Morgan fingerprint density at radius 2 is 1.22 bits per heavy atom. The van der Waals surface area contributed by atoms with Gasteiger partial charge in [0, 0.05) is 28.4 Å². The van der Waals surface area contributed by atoms with Gasteiger partial charge in [-0.15, -0.1) is 23.2 Å². The van der Waals surface area contributed by atoms with Crippen LogP contribution in [-0.4, -0.2) is 56.2 Å². The number of alkyl halides is 2. The number of methoxy groups -OCH3 is 4. The third kappa shape index (κ3) is 1.00. The Morgan fingerprint density at radius 3 is 1.50 bits per heavy atom. The second-order valence-corrected chi connectivity index (χ2v) is 6.57. The fraction of sp³-hybridized carbons (Fsp3) is 1.00. The van der Waals surface area contributed by atoms with Gasteiger partial charge in [-0.2, -0.15) is 0 Å². The van der Waals surface area contributed by atoms with Gasteiger partial charge in [0.1, 0.15) is 22.0 Å². The minimum atomic E-state index is -1.07. The summed E-state index contributed by atoms with van der Waals surface area (Å²) in [6.07, 6.45) is 0.289. The highest BCUT2D eigenvalue weighted by atomic mass is 35.5. The smallest absolute Gasteiger partial charge is 0.212 e. The van der Waals surface area contributed by atoms with Crippen LogP contribution >= 0.6 is 23.2 Å². The molecule has 4 nitrogen and oxygen atoms in total. The largest absolute Gasteiger partial charge is 0.377 e. The summed E-state index contributed by atoms with van der Waals surface area (Å²) in [7, 11) is 6.39. The van der Waals surface area contributed by atoms with Gasteiger partial charge in [0.15, 0.2) is 0 Å². The van der Waals surface area contributed by atoms with E-state index in [1.807, 2.05) is 0 Å². The predicted octanol–water partition coefficient (Wildman–Crippen LogP) is 1.62. The summed E-state index contributed by atoms with van der Waals surface area (Å²) < 4.78 is 22.5. The highest BCUT2D eigenvalue weighted by molar-refractivity contribution is 6.33. The van der Waals surface area contributed by atoms with Crippen LogP contribution in [0.15, 0.2) is 0 Å². The van der Waals surface area contributed by atoms with Gasteiger partial charge >= 0.3 is 0 Å². The summed E-state index contributed by atoms with van der Waals surface area (Å²) in [5, 5.41) is 0. The Morgan fingerprint density at radius 1 is 0.833 bits per heavy atom. The van der Waals surface area contributed by atoms with E-state index in [1.165, 1.54) is 0 Å². The Kier molecular flexibility index (Phi) is 2.79. The molecule has 6 atom stereocenters. The van der Waals surface area contributed by atoms with Crippen LogP contribution in [0.3, 0.4) is 0 Å². The molecule has 0 N–H and O–H groups in total. The van der Waals surface area contributed by atoms with Crippen LogP contribution in [-0.2, 0) is 18.9 Å². The van der Waals surface area contributed by atoms with Crippen molar-refractivity contribution in [2.24, 2.45) is 11.8 Å². The molecule has 3 aliphatic rings. The molecule has 0 heterocycles. The van der Waals surface area contributed by atoms with E-state index >= 15 is 0 Å². The van der Waals surface area contributed by atoms with Crippen molar-refractivity contribution in [3.05, 3.63) is 0 Å². The van der Waals surface area contributed by atoms with Crippen LogP contribution in [0.1, 0.15) is 6.42 Å². The third-order valence-corrected chi connectivity index (χ3v) is 6.55. The monoisotopic (exact) mass is 296 g/mol. The molecular formula is C12H18Cl2O4. The zero-order valence-corrected chi connectivity index (χ0v) is 12.4. The van der Waals surface area contributed by atoms with Gasteiger partial charge in [0.2, 0.25) is 5.79 Å². The van der Waals surface area contributed by atoms with Gasteiger partial charge < -0.3 is 18.9 Å². The molecule has 0 unspecified atom stereocenters. The van der Waals surface area contributed by atoms with Crippen LogP contribution in [0, 0.1) is 11.8 Å². The quantitative estimate of drug-likeness (QED) is 0.584. The zero-order valence-electron chi connectivity index (χ0n) is 10.9. The maximum Gasteiger partial charge on any atom is 0.212 e. The normalized spacial score (nSPS) is 55.7. The van der Waals surface area contributed by atoms with Gasteiger partial charge in [-0.1, -0.05) is 0 Å². The maximum absolute atomic E-state index is 6.90. The number of rotatable bonds is 4. The molecule has 0 aromatic carbocycles. The molecule has 0 aliphatic heterocycles. The molecule has 104 valence electrons. The molecule has 3 fully saturated rings. The molecular weight excluding hydrogens is 279 g/mol. The molecule has 6 heteroatoms. The van der Waals surface area contributed by atoms with Crippen molar-refractivity contribution >= 4 is 23.2 Å². The molecule has 3 rings (SSSR count). The molecule has 0 aromatic rings. The summed E-state index contributed by atoms with van der Waals surface area (Å²) >= 11 is 13.8. The Bertz CT molecular complexity index is 345. The number of hydrogen-bond donors (Lipinski definition) is 0. The molecule has 2 bridgehead atoms. The molecule has 0 aromatic heterocycles. The number of fused-ring (bicyclic) bond motifs is 5. The minimum Gasteiger partial charge on any atom is -0.377 e. The molecule has 0 spiro atoms. The van der Waals surface area contributed by atoms with Crippen molar-refractivity contribution < 1.29 is 18.9 Å². The fourth-order valence-corrected chi connectivity index (χ4v) is 6.00. The molecule has 3 aliphatic carbocycles. The lowest BCUT2D eigenvalue weighted by atomic mass is 9.93. The van der Waals surface area contributed by atoms with Crippen molar-refractivity contribution in [3.8, 4) is 0 Å². The lowest BCUT2D eigenvalue weighted by molar-refractivity contribution is -0.235. The van der Waals surface area contributed by atoms with Gasteiger partial charge in [-0.05, 0) is 18.3 Å². The van der Waals surface area contributed by atoms with E-state index < -0.39 is 15.5 Å². The van der Waals surface area contributed by atoms with E-state index in [9.17, 15) is 0 Å². The minimum absolute atomic E-state index is 0.257. The SMILES string of the molecule is CO[C@@H]1[C@H](OC)[C@]2(Cl)[C@@H]3C[C@@H]3[C@@]1(Cl)C2(OC)OC. The van der Waals surface area contributed by atoms with Crippen LogP contribution in [0.4, 0.5) is 0 Å². The first-order valence-electron chi connectivity index (χ1n) is 6.03. The van der Waals surface area contributed by atoms with Crippen molar-refractivity contribution in [1.29, 1.82) is 0 Å². The standard InChI is InChI=1S/C12H18Cl2O4/c1-15-8-9(16-2)11(14)7-5-6(7)10(8,13)12(11,17-3)18-4/h6-9H,5H2,1-4H3/t6-,7+,8+,9-,10-,11+. The highest BCUT2D eigenvalue weighted by Gasteiger charge is 2.93. The zero-order chi connectivity index (χ0) is 13.3. The van der Waals surface area contributed by atoms with Crippen molar-refractivity contribution in [2.75, 3.05) is 28.4 Å². The summed E-state index contributed by atoms with van der Waals surface area (Å²) in [5.74, 6) is -0.557. The van der Waals surface area contributed by atoms with E-state index in [0.29, 0.717) is 0 Å². The lowest BCUT2D eigenvalue weighted by Crippen LogP contribution is -2.59. The first-order valence-corrected chi connectivity index (χ1v) is 6.78. The second-order valence-electron chi connectivity index (χ2n) is 5.32. The van der Waals surface area contributed by atoms with Crippen LogP contribution < -0.4 is 0 Å². The summed E-state index contributed by atoms with van der Waals surface area (Å²) in [6, 6.07) is 0. The van der Waals surface area contributed by atoms with E-state index in [1.54, 1.807) is 28.4 Å². The number of hydrogen-bond acceptors (Lipinski definition) is 4. The predicted molar refractivity (Wildman–Crippen MR) is 67.1 cm³/mol. The highest BCUT2D eigenvalue weighted by Crippen LogP contribution is 2.79. The Hall–Kier alpha value is 0.420. The van der Waals surface area contributed by atoms with Crippen LogP contribution in [0.2, 0.25) is 0 Å². The molecule has 3 saturated carbocycles. The van der Waals surface area contributed by atoms with Crippen molar-refractivity contribution in [2.45, 2.75) is 34.2 Å². The third-order valence-electron chi connectivity index (χ3n) is 5.06. The topological polar surface area (TPSA) is 36.9 Å². The summed E-state index contributed by atoms with van der Waals surface area (Å²) in [6.45, 7) is 0. The summed E-state index contributed by atoms with van der Waals surface area (Å²) in [5.41, 5.74) is 0. The molecule has 18 heavy (non-hydrogen) atoms. The van der Waals surface area contributed by atoms with Gasteiger partial charge in [0.05, 0.1) is 0 Å². The van der Waals surface area contributed by atoms with Gasteiger partial charge in [-0.25, -0.2) is 0 Å². The molecule has 0 radical (unpaired) electrons. The first-order chi connectivity index (χ1) is 8.49. The summed E-state index contributed by atoms with van der Waals surface area (Å²) in [4.78, 5) is -1.59. The van der Waals surface area contributed by atoms with Crippen LogP contribution in [0.5, 0.6) is 0 Å². The van der Waals surface area contributed by atoms with Crippen molar-refractivity contribution in [3.63, 3.8) is 0 Å². The van der Waals surface area contributed by atoms with E-state index in [0.717, 1.165) is 6.42 Å². The Balaban J connectivity index is 2.19. The second kappa shape index (κ2) is 3.74. The first kappa shape index (κ1) is 13.4. The number of halogens is 2. The van der Waals surface area contributed by atoms with E-state index in [-0.39, 0.29) is 24.0 Å². The molecule has 0 amide bonds. The van der Waals surface area contributed by atoms with Crippen LogP contribution in [0.25, 0.3) is 0 Å². The van der Waals surface area contributed by atoms with E-state index in [4.69, 9.17) is 42.1 Å². The molecule has 0 saturated heterocycles. The van der Waals surface area contributed by atoms with E-state index in [2.05, 4.69) is 0 Å². The lowest BCUT2D eigenvalue weighted by Gasteiger charge is -2.42. The van der Waals surface area contributed by atoms with Gasteiger partial charge in [0.25, 0.3) is 0 Å². The average molecular weight is 297 g/mol. The van der Waals surface area contributed by atoms with Crippen molar-refractivity contribution in [1.82, 2.24) is 0 Å². The number of ether oxygens (including phenoxy) is 4. The Labute approximate surface area is 117 Å². The average Bonchev–Trinajstić information content (AvgIpc) is 3.12.